The molecule has 0 saturated carbocycles. The average Bonchev–Trinajstić information content (AvgIpc) is 3.40. The number of ether oxygens (including phenoxy) is 1. The Morgan fingerprint density at radius 2 is 2.00 bits per heavy atom. The van der Waals surface area contributed by atoms with E-state index in [-0.39, 0.29) is 30.0 Å². The number of amides is 2. The molecule has 2 amide bonds. The number of hydrogen-bond donors (Lipinski definition) is 2. The van der Waals surface area contributed by atoms with Crippen LogP contribution in [0.5, 0.6) is 0 Å². The zero-order valence-corrected chi connectivity index (χ0v) is 18.2. The number of aromatic nitrogens is 3. The van der Waals surface area contributed by atoms with Gasteiger partial charge in [0, 0.05) is 5.38 Å². The van der Waals surface area contributed by atoms with E-state index in [0.29, 0.717) is 33.2 Å². The second-order valence-corrected chi connectivity index (χ2v) is 8.45. The van der Waals surface area contributed by atoms with Crippen molar-refractivity contribution < 1.29 is 19.1 Å². The Hall–Kier alpha value is -2.83. The summed E-state index contributed by atoms with van der Waals surface area (Å²) in [5, 5.41) is 17.8. The van der Waals surface area contributed by atoms with E-state index in [1.165, 1.54) is 34.4 Å². The molecular formula is C18H17N5O4S3. The molecular weight excluding hydrogens is 446 g/mol. The van der Waals surface area contributed by atoms with E-state index < -0.39 is 0 Å². The molecule has 2 N–H and O–H groups in total. The number of thiophene rings is 1. The molecule has 0 radical (unpaired) electrons. The predicted molar refractivity (Wildman–Crippen MR) is 116 cm³/mol. The molecule has 3 rings (SSSR count). The number of thioether (sulfide) groups is 1. The SMILES string of the molecule is CCOC(=O)Cc1csc(NC(=O)CSc2ccc(NC(=O)c3cccs3)nn2)n1. The minimum absolute atomic E-state index is 0.0694. The molecule has 0 saturated heterocycles. The van der Waals surface area contributed by atoms with E-state index in [9.17, 15) is 14.4 Å². The lowest BCUT2D eigenvalue weighted by molar-refractivity contribution is -0.142. The van der Waals surface area contributed by atoms with Crippen molar-refractivity contribution in [3.63, 3.8) is 0 Å². The summed E-state index contributed by atoms with van der Waals surface area (Å²) < 4.78 is 4.87. The lowest BCUT2D eigenvalue weighted by Crippen LogP contribution is -2.14. The van der Waals surface area contributed by atoms with Crippen LogP contribution in [-0.4, -0.2) is 45.3 Å². The van der Waals surface area contributed by atoms with Crippen LogP contribution >= 0.6 is 34.4 Å². The first-order valence-corrected chi connectivity index (χ1v) is 11.5. The van der Waals surface area contributed by atoms with Crippen LogP contribution in [0.1, 0.15) is 22.3 Å². The quantitative estimate of drug-likeness (QED) is 0.367. The number of hydrogen-bond acceptors (Lipinski definition) is 10. The largest absolute Gasteiger partial charge is 0.466 e. The third-order valence-corrected chi connectivity index (χ3v) is 6.00. The molecule has 0 aliphatic rings. The Kier molecular flexibility index (Phi) is 7.88. The fraction of sp³-hybridized carbons (Fsp3) is 0.222. The van der Waals surface area contributed by atoms with Crippen LogP contribution in [0.4, 0.5) is 10.9 Å². The molecule has 3 heterocycles. The van der Waals surface area contributed by atoms with Gasteiger partial charge in [-0.25, -0.2) is 4.98 Å². The molecule has 0 aromatic carbocycles. The van der Waals surface area contributed by atoms with Gasteiger partial charge in [0.05, 0.1) is 29.4 Å². The van der Waals surface area contributed by atoms with Gasteiger partial charge < -0.3 is 15.4 Å². The number of esters is 1. The highest BCUT2D eigenvalue weighted by Crippen LogP contribution is 2.19. The van der Waals surface area contributed by atoms with Gasteiger partial charge in [-0.2, -0.15) is 0 Å². The second kappa shape index (κ2) is 10.8. The number of carbonyl (C=O) groups excluding carboxylic acids is 3. The maximum absolute atomic E-state index is 12.1. The van der Waals surface area contributed by atoms with Crippen LogP contribution in [0, 0.1) is 0 Å². The topological polar surface area (TPSA) is 123 Å². The van der Waals surface area contributed by atoms with Gasteiger partial charge in [-0.15, -0.1) is 32.9 Å². The summed E-state index contributed by atoms with van der Waals surface area (Å²) in [5.41, 5.74) is 0.549. The summed E-state index contributed by atoms with van der Waals surface area (Å²) in [5.74, 6) is -0.412. The Morgan fingerprint density at radius 3 is 2.70 bits per heavy atom. The number of anilines is 2. The first kappa shape index (κ1) is 21.9. The maximum Gasteiger partial charge on any atom is 0.311 e. The van der Waals surface area contributed by atoms with Crippen molar-refractivity contribution in [2.24, 2.45) is 0 Å². The summed E-state index contributed by atoms with van der Waals surface area (Å²) in [7, 11) is 0. The highest BCUT2D eigenvalue weighted by molar-refractivity contribution is 7.99. The molecule has 0 aliphatic heterocycles. The van der Waals surface area contributed by atoms with Gasteiger partial charge in [0.15, 0.2) is 10.9 Å². The maximum atomic E-state index is 12.1. The van der Waals surface area contributed by atoms with Gasteiger partial charge in [-0.05, 0) is 30.5 Å². The molecule has 3 aromatic rings. The smallest absolute Gasteiger partial charge is 0.311 e. The van der Waals surface area contributed by atoms with E-state index >= 15 is 0 Å². The number of nitrogens with one attached hydrogen (secondary N) is 2. The lowest BCUT2D eigenvalue weighted by Gasteiger charge is -2.04. The van der Waals surface area contributed by atoms with Crippen LogP contribution in [0.3, 0.4) is 0 Å². The van der Waals surface area contributed by atoms with E-state index in [2.05, 4.69) is 25.8 Å². The van der Waals surface area contributed by atoms with E-state index in [0.717, 1.165) is 0 Å². The molecule has 3 aromatic heterocycles. The molecule has 0 atom stereocenters. The molecule has 0 aliphatic carbocycles. The second-order valence-electron chi connectivity index (χ2n) is 5.65. The minimum atomic E-state index is -0.357. The normalized spacial score (nSPS) is 10.4. The van der Waals surface area contributed by atoms with Crippen molar-refractivity contribution in [2.45, 2.75) is 18.4 Å². The third-order valence-electron chi connectivity index (χ3n) is 3.41. The van der Waals surface area contributed by atoms with Crippen LogP contribution < -0.4 is 10.6 Å². The van der Waals surface area contributed by atoms with Crippen molar-refractivity contribution in [2.75, 3.05) is 23.0 Å². The number of carbonyl (C=O) groups is 3. The Morgan fingerprint density at radius 1 is 1.13 bits per heavy atom. The van der Waals surface area contributed by atoms with Crippen molar-refractivity contribution in [1.29, 1.82) is 0 Å². The van der Waals surface area contributed by atoms with Crippen molar-refractivity contribution >= 4 is 63.2 Å². The monoisotopic (exact) mass is 463 g/mol. The molecule has 30 heavy (non-hydrogen) atoms. The predicted octanol–water partition coefficient (Wildman–Crippen LogP) is 3.08. The van der Waals surface area contributed by atoms with Gasteiger partial charge >= 0.3 is 5.97 Å². The van der Waals surface area contributed by atoms with Gasteiger partial charge in [0.25, 0.3) is 5.91 Å². The summed E-state index contributed by atoms with van der Waals surface area (Å²) >= 11 is 3.78. The van der Waals surface area contributed by atoms with E-state index in [4.69, 9.17) is 4.74 Å². The molecule has 0 spiro atoms. The van der Waals surface area contributed by atoms with Gasteiger partial charge in [-0.3, -0.25) is 14.4 Å². The fourth-order valence-corrected chi connectivity index (χ4v) is 4.11. The molecule has 12 heteroatoms. The van der Waals surface area contributed by atoms with Crippen LogP contribution in [0.25, 0.3) is 0 Å². The molecule has 0 fully saturated rings. The average molecular weight is 464 g/mol. The van der Waals surface area contributed by atoms with Crippen LogP contribution in [0.2, 0.25) is 0 Å². The van der Waals surface area contributed by atoms with E-state index in [1.54, 1.807) is 36.6 Å². The standard InChI is InChI=1S/C18H17N5O4S3/c1-2-27-16(25)8-11-9-30-18(19-11)21-14(24)10-29-15-6-5-13(22-23-15)20-17(26)12-4-3-7-28-12/h3-7,9H,2,8,10H2,1H3,(H,19,21,24)(H,20,22,26). The van der Waals surface area contributed by atoms with Crippen LogP contribution in [-0.2, 0) is 20.7 Å². The molecule has 0 unspecified atom stereocenters. The third kappa shape index (κ3) is 6.61. The summed E-state index contributed by atoms with van der Waals surface area (Å²) in [6, 6.07) is 6.82. The van der Waals surface area contributed by atoms with Gasteiger partial charge in [0.1, 0.15) is 5.03 Å². The highest BCUT2D eigenvalue weighted by atomic mass is 32.2. The van der Waals surface area contributed by atoms with Gasteiger partial charge in [-0.1, -0.05) is 17.8 Å². The van der Waals surface area contributed by atoms with Gasteiger partial charge in [0.2, 0.25) is 5.91 Å². The minimum Gasteiger partial charge on any atom is -0.466 e. The highest BCUT2D eigenvalue weighted by Gasteiger charge is 2.12. The Bertz CT molecular complexity index is 1010. The summed E-state index contributed by atoms with van der Waals surface area (Å²) in [6.45, 7) is 2.05. The molecule has 9 nitrogen and oxygen atoms in total. The van der Waals surface area contributed by atoms with Crippen molar-refractivity contribution in [3.8, 4) is 0 Å². The number of rotatable bonds is 9. The Balaban J connectivity index is 1.44. The number of nitrogens with zero attached hydrogens (tertiary/aromatic N) is 3. The van der Waals surface area contributed by atoms with Crippen LogP contribution in [0.15, 0.2) is 40.1 Å². The number of thiazole rings is 1. The zero-order chi connectivity index (χ0) is 21.3. The first-order chi connectivity index (χ1) is 14.5. The van der Waals surface area contributed by atoms with Crippen molar-refractivity contribution in [3.05, 3.63) is 45.6 Å². The summed E-state index contributed by atoms with van der Waals surface area (Å²) in [4.78, 5) is 40.3. The zero-order valence-electron chi connectivity index (χ0n) is 15.8. The van der Waals surface area contributed by atoms with Crippen molar-refractivity contribution in [1.82, 2.24) is 15.2 Å². The molecule has 156 valence electrons. The Labute approximate surface area is 184 Å². The molecule has 0 bridgehead atoms. The lowest BCUT2D eigenvalue weighted by atomic mass is 10.3. The fourth-order valence-electron chi connectivity index (χ4n) is 2.15. The summed E-state index contributed by atoms with van der Waals surface area (Å²) in [6.07, 6.45) is 0.0694. The first-order valence-electron chi connectivity index (χ1n) is 8.74. The van der Waals surface area contributed by atoms with E-state index in [1.807, 2.05) is 5.38 Å².